The molecule has 132 valence electrons. The van der Waals surface area contributed by atoms with Crippen LogP contribution in [0.1, 0.15) is 11.6 Å². The molecular formula is C15H14ClN3O5S. The number of hydrogen-bond acceptors (Lipinski definition) is 6. The van der Waals surface area contributed by atoms with Crippen molar-refractivity contribution in [3.63, 3.8) is 0 Å². The molecule has 8 nitrogen and oxygen atoms in total. The SMILES string of the molecule is N[C@@H](C(=O)N[C@@H]1C(=O)[N+]2([O-])C(C(=O)O)=C(Cl)CS[C@H]12)c1ccccc1. The molecule has 1 fully saturated rings. The van der Waals surface area contributed by atoms with E-state index in [1.54, 1.807) is 30.3 Å². The van der Waals surface area contributed by atoms with Crippen LogP contribution in [0.15, 0.2) is 41.1 Å². The fourth-order valence-corrected chi connectivity index (χ4v) is 4.52. The number of halogens is 1. The van der Waals surface area contributed by atoms with Crippen LogP contribution in [0.2, 0.25) is 0 Å². The normalized spacial score (nSPS) is 29.5. The van der Waals surface area contributed by atoms with E-state index in [1.807, 2.05) is 0 Å². The Morgan fingerprint density at radius 1 is 1.40 bits per heavy atom. The maximum atomic E-state index is 12.7. The zero-order chi connectivity index (χ0) is 18.4. The van der Waals surface area contributed by atoms with Gasteiger partial charge in [0.15, 0.2) is 5.37 Å². The lowest BCUT2D eigenvalue weighted by atomic mass is 10.0. The van der Waals surface area contributed by atoms with Crippen LogP contribution in [-0.4, -0.2) is 44.7 Å². The summed E-state index contributed by atoms with van der Waals surface area (Å²) in [7, 11) is 0. The summed E-state index contributed by atoms with van der Waals surface area (Å²) in [6.45, 7) is 0. The van der Waals surface area contributed by atoms with Gasteiger partial charge in [-0.15, -0.1) is 0 Å². The van der Waals surface area contributed by atoms with E-state index in [4.69, 9.17) is 17.3 Å². The third kappa shape index (κ3) is 2.74. The number of nitrogens with one attached hydrogen (secondary N) is 1. The molecule has 1 aromatic carbocycles. The van der Waals surface area contributed by atoms with Gasteiger partial charge in [0.1, 0.15) is 6.04 Å². The molecule has 1 saturated heterocycles. The summed E-state index contributed by atoms with van der Waals surface area (Å²) in [6, 6.07) is 6.44. The molecule has 4 N–H and O–H groups in total. The van der Waals surface area contributed by atoms with Crippen molar-refractivity contribution < 1.29 is 24.1 Å². The van der Waals surface area contributed by atoms with E-state index in [1.165, 1.54) is 0 Å². The Balaban J connectivity index is 1.78. The highest BCUT2D eigenvalue weighted by Crippen LogP contribution is 2.47. The summed E-state index contributed by atoms with van der Waals surface area (Å²) >= 11 is 6.85. The molecule has 3 rings (SSSR count). The van der Waals surface area contributed by atoms with Crippen molar-refractivity contribution in [2.24, 2.45) is 5.73 Å². The second kappa shape index (κ2) is 6.43. The van der Waals surface area contributed by atoms with Gasteiger partial charge >= 0.3 is 11.9 Å². The summed E-state index contributed by atoms with van der Waals surface area (Å²) < 4.78 is -1.68. The molecule has 0 bridgehead atoms. The second-order valence-electron chi connectivity index (χ2n) is 5.63. The zero-order valence-corrected chi connectivity index (χ0v) is 14.3. The maximum Gasteiger partial charge on any atom is 0.392 e. The van der Waals surface area contributed by atoms with E-state index >= 15 is 0 Å². The van der Waals surface area contributed by atoms with Gasteiger partial charge in [0.05, 0.1) is 5.03 Å². The summed E-state index contributed by atoms with van der Waals surface area (Å²) in [4.78, 5) is 35.9. The lowest BCUT2D eigenvalue weighted by Gasteiger charge is -2.57. The van der Waals surface area contributed by atoms with Gasteiger partial charge < -0.3 is 21.4 Å². The Hall–Kier alpha value is -1.91. The summed E-state index contributed by atoms with van der Waals surface area (Å²) in [5.41, 5.74) is 5.74. The largest absolute Gasteiger partial charge is 0.619 e. The second-order valence-corrected chi connectivity index (χ2v) is 7.19. The minimum absolute atomic E-state index is 0.0838. The smallest absolute Gasteiger partial charge is 0.392 e. The molecule has 2 amide bonds. The average Bonchev–Trinajstić information content (AvgIpc) is 2.59. The monoisotopic (exact) mass is 383 g/mol. The van der Waals surface area contributed by atoms with Gasteiger partial charge in [0, 0.05) is 5.75 Å². The zero-order valence-electron chi connectivity index (χ0n) is 12.7. The van der Waals surface area contributed by atoms with Gasteiger partial charge in [0.25, 0.3) is 0 Å². The number of carboxylic acids is 1. The minimum Gasteiger partial charge on any atom is -0.619 e. The van der Waals surface area contributed by atoms with E-state index in [0.717, 1.165) is 11.8 Å². The van der Waals surface area contributed by atoms with Crippen LogP contribution in [0.25, 0.3) is 0 Å². The molecule has 1 aromatic rings. The van der Waals surface area contributed by atoms with E-state index in [9.17, 15) is 24.7 Å². The van der Waals surface area contributed by atoms with Crippen LogP contribution in [0.5, 0.6) is 0 Å². The molecule has 0 spiro atoms. The van der Waals surface area contributed by atoms with E-state index < -0.39 is 45.6 Å². The van der Waals surface area contributed by atoms with Crippen LogP contribution in [0.4, 0.5) is 0 Å². The summed E-state index contributed by atoms with van der Waals surface area (Å²) in [6.07, 6.45) is 0. The van der Waals surface area contributed by atoms with Crippen LogP contribution in [-0.2, 0) is 14.4 Å². The molecule has 0 saturated carbocycles. The number of rotatable bonds is 4. The molecule has 2 aliphatic heterocycles. The number of β-lactam (4-membered cyclic amide) rings is 1. The number of amides is 2. The maximum absolute atomic E-state index is 12.7. The Morgan fingerprint density at radius 2 is 2.04 bits per heavy atom. The van der Waals surface area contributed by atoms with Gasteiger partial charge in [-0.2, -0.15) is 0 Å². The molecule has 2 aliphatic rings. The van der Waals surface area contributed by atoms with Crippen molar-refractivity contribution in [2.75, 3.05) is 5.75 Å². The molecule has 0 aliphatic carbocycles. The van der Waals surface area contributed by atoms with Gasteiger partial charge in [0.2, 0.25) is 17.6 Å². The highest BCUT2D eigenvalue weighted by atomic mass is 35.5. The van der Waals surface area contributed by atoms with Gasteiger partial charge in [-0.25, -0.2) is 14.2 Å². The van der Waals surface area contributed by atoms with E-state index in [2.05, 4.69) is 5.32 Å². The van der Waals surface area contributed by atoms with Crippen molar-refractivity contribution in [1.29, 1.82) is 0 Å². The third-order valence-electron chi connectivity index (χ3n) is 4.15. The fraction of sp³-hybridized carbons (Fsp3) is 0.267. The first-order valence-corrected chi connectivity index (χ1v) is 8.70. The Morgan fingerprint density at radius 3 is 2.64 bits per heavy atom. The first kappa shape index (κ1) is 17.9. The molecule has 1 unspecified atom stereocenters. The van der Waals surface area contributed by atoms with Gasteiger partial charge in [-0.3, -0.25) is 4.79 Å². The molecule has 0 aromatic heterocycles. The number of aliphatic carboxylic acids is 1. The Labute approximate surface area is 151 Å². The number of benzene rings is 1. The number of thioether (sulfide) groups is 1. The Bertz CT molecular complexity index is 787. The predicted molar refractivity (Wildman–Crippen MR) is 90.7 cm³/mol. The van der Waals surface area contributed by atoms with E-state index in [-0.39, 0.29) is 10.8 Å². The number of hydroxylamine groups is 3. The number of carboxylic acid groups (broad SMARTS) is 1. The molecule has 2 heterocycles. The van der Waals surface area contributed by atoms with Crippen LogP contribution in [0, 0.1) is 5.21 Å². The predicted octanol–water partition coefficient (Wildman–Crippen LogP) is 0.634. The number of carbonyl (C=O) groups excluding carboxylic acids is 2. The van der Waals surface area contributed by atoms with Gasteiger partial charge in [-0.05, 0) is 5.56 Å². The lowest BCUT2D eigenvalue weighted by molar-refractivity contribution is -0.805. The lowest BCUT2D eigenvalue weighted by Crippen LogP contribution is -2.79. The molecule has 0 radical (unpaired) electrons. The number of hydrogen-bond donors (Lipinski definition) is 3. The molecule has 25 heavy (non-hydrogen) atoms. The third-order valence-corrected chi connectivity index (χ3v) is 5.99. The number of nitrogens with two attached hydrogens (primary N) is 1. The van der Waals surface area contributed by atoms with Crippen molar-refractivity contribution in [1.82, 2.24) is 5.32 Å². The van der Waals surface area contributed by atoms with Crippen molar-refractivity contribution in [2.45, 2.75) is 17.5 Å². The topological polar surface area (TPSA) is 133 Å². The highest BCUT2D eigenvalue weighted by Gasteiger charge is 2.66. The van der Waals surface area contributed by atoms with Crippen LogP contribution < -0.4 is 11.1 Å². The van der Waals surface area contributed by atoms with Gasteiger partial charge in [-0.1, -0.05) is 53.7 Å². The number of carbonyl (C=O) groups is 3. The first-order chi connectivity index (χ1) is 11.8. The van der Waals surface area contributed by atoms with Crippen LogP contribution in [0.3, 0.4) is 0 Å². The number of quaternary nitrogens is 1. The van der Waals surface area contributed by atoms with Crippen molar-refractivity contribution in [3.8, 4) is 0 Å². The fourth-order valence-electron chi connectivity index (χ4n) is 2.87. The quantitative estimate of drug-likeness (QED) is 0.394. The highest BCUT2D eigenvalue weighted by molar-refractivity contribution is 8.00. The number of nitrogens with zero attached hydrogens (tertiary/aromatic N) is 1. The van der Waals surface area contributed by atoms with E-state index in [0.29, 0.717) is 5.56 Å². The van der Waals surface area contributed by atoms with Crippen LogP contribution >= 0.6 is 23.4 Å². The average molecular weight is 384 g/mol. The molecule has 4 atom stereocenters. The minimum atomic E-state index is -1.68. The molecule has 10 heteroatoms. The standard InChI is InChI=1S/C15H14ClN3O5S/c16-8-6-25-14-10(13(21)19(14,24)11(8)15(22)23)18-12(20)9(17)7-4-2-1-3-5-7/h1-5,9-10,14H,6,17H2,(H,18,20)(H,22,23)/t9-,10-,14-,19?/m1/s1. The first-order valence-electron chi connectivity index (χ1n) is 7.27. The summed E-state index contributed by atoms with van der Waals surface area (Å²) in [5, 5.41) is 23.2. The van der Waals surface area contributed by atoms with Crippen molar-refractivity contribution in [3.05, 3.63) is 51.8 Å². The molecular weight excluding hydrogens is 370 g/mol. The summed E-state index contributed by atoms with van der Waals surface area (Å²) in [5.74, 6) is -3.04. The number of fused-ring (bicyclic) bond motifs is 1. The van der Waals surface area contributed by atoms with Crippen molar-refractivity contribution >= 4 is 41.1 Å². The Kier molecular flexibility index (Phi) is 4.60.